The lowest BCUT2D eigenvalue weighted by Gasteiger charge is -2.22. The highest BCUT2D eigenvalue weighted by molar-refractivity contribution is 6.32. The fraction of sp³-hybridized carbons (Fsp3) is 0.375. The molecule has 2 aromatic rings. The van der Waals surface area contributed by atoms with E-state index in [1.807, 2.05) is 0 Å². The molecular formula is C16H16ClFN2O2. The van der Waals surface area contributed by atoms with E-state index in [1.54, 1.807) is 24.3 Å². The SMILES string of the molecule is Fc1c(Oc2ccccc2Cl)ncnc1OC1CCCCC1. The molecule has 6 heteroatoms. The summed E-state index contributed by atoms with van der Waals surface area (Å²) in [5.74, 6) is -0.615. The van der Waals surface area contributed by atoms with E-state index in [1.165, 1.54) is 12.7 Å². The Morgan fingerprint density at radius 3 is 2.55 bits per heavy atom. The molecule has 0 radical (unpaired) electrons. The predicted octanol–water partition coefficient (Wildman–Crippen LogP) is 4.77. The van der Waals surface area contributed by atoms with E-state index in [-0.39, 0.29) is 17.9 Å². The van der Waals surface area contributed by atoms with Gasteiger partial charge in [0.15, 0.2) is 0 Å². The number of hydrogen-bond acceptors (Lipinski definition) is 4. The number of aromatic nitrogens is 2. The number of halogens is 2. The first-order chi connectivity index (χ1) is 10.7. The second-order valence-electron chi connectivity index (χ2n) is 5.21. The Morgan fingerprint density at radius 2 is 1.77 bits per heavy atom. The Kier molecular flexibility index (Phi) is 4.73. The van der Waals surface area contributed by atoms with Crippen molar-refractivity contribution >= 4 is 11.6 Å². The fourth-order valence-electron chi connectivity index (χ4n) is 2.46. The summed E-state index contributed by atoms with van der Waals surface area (Å²) in [6.45, 7) is 0. The Hall–Kier alpha value is -1.88. The third-order valence-corrected chi connectivity index (χ3v) is 3.91. The minimum atomic E-state index is -0.701. The van der Waals surface area contributed by atoms with Gasteiger partial charge in [0.2, 0.25) is 5.82 Å². The highest BCUT2D eigenvalue weighted by Gasteiger charge is 2.21. The maximum absolute atomic E-state index is 14.4. The normalized spacial score (nSPS) is 15.5. The van der Waals surface area contributed by atoms with Gasteiger partial charge in [-0.3, -0.25) is 0 Å². The molecule has 0 aliphatic heterocycles. The van der Waals surface area contributed by atoms with Crippen molar-refractivity contribution in [2.45, 2.75) is 38.2 Å². The molecule has 22 heavy (non-hydrogen) atoms. The first kappa shape index (κ1) is 15.0. The second-order valence-corrected chi connectivity index (χ2v) is 5.62. The molecule has 0 N–H and O–H groups in total. The van der Waals surface area contributed by atoms with Crippen molar-refractivity contribution in [3.8, 4) is 17.5 Å². The number of benzene rings is 1. The van der Waals surface area contributed by atoms with Crippen LogP contribution < -0.4 is 9.47 Å². The van der Waals surface area contributed by atoms with Crippen LogP contribution in [0.5, 0.6) is 17.5 Å². The van der Waals surface area contributed by atoms with E-state index in [0.29, 0.717) is 10.8 Å². The van der Waals surface area contributed by atoms with Crippen molar-refractivity contribution < 1.29 is 13.9 Å². The summed E-state index contributed by atoms with van der Waals surface area (Å²) in [5.41, 5.74) is 0. The van der Waals surface area contributed by atoms with Crippen molar-refractivity contribution in [1.82, 2.24) is 9.97 Å². The summed E-state index contributed by atoms with van der Waals surface area (Å²) < 4.78 is 25.5. The van der Waals surface area contributed by atoms with E-state index in [2.05, 4.69) is 9.97 Å². The van der Waals surface area contributed by atoms with Gasteiger partial charge in [0.25, 0.3) is 11.8 Å². The molecule has 1 aromatic heterocycles. The molecule has 0 saturated heterocycles. The minimum Gasteiger partial charge on any atom is -0.472 e. The lowest BCUT2D eigenvalue weighted by atomic mass is 9.98. The zero-order valence-electron chi connectivity index (χ0n) is 12.0. The standard InChI is InChI=1S/C16H16ClFN2O2/c17-12-8-4-5-9-13(12)22-16-14(18)15(19-10-20-16)21-11-6-2-1-3-7-11/h4-5,8-11H,1-3,6-7H2. The van der Waals surface area contributed by atoms with Crippen LogP contribution in [0.2, 0.25) is 5.02 Å². The first-order valence-electron chi connectivity index (χ1n) is 7.33. The highest BCUT2D eigenvalue weighted by atomic mass is 35.5. The molecule has 116 valence electrons. The average molecular weight is 323 g/mol. The van der Waals surface area contributed by atoms with Gasteiger partial charge in [-0.15, -0.1) is 0 Å². The van der Waals surface area contributed by atoms with Gasteiger partial charge in [0.05, 0.1) is 5.02 Å². The fourth-order valence-corrected chi connectivity index (χ4v) is 2.64. The molecule has 1 fully saturated rings. The maximum Gasteiger partial charge on any atom is 0.263 e. The van der Waals surface area contributed by atoms with E-state index in [9.17, 15) is 4.39 Å². The van der Waals surface area contributed by atoms with Crippen LogP contribution in [0.4, 0.5) is 4.39 Å². The van der Waals surface area contributed by atoms with Gasteiger partial charge < -0.3 is 9.47 Å². The molecule has 0 bridgehead atoms. The van der Waals surface area contributed by atoms with Crippen LogP contribution in [-0.2, 0) is 0 Å². The molecule has 1 aliphatic carbocycles. The molecule has 0 atom stereocenters. The monoisotopic (exact) mass is 322 g/mol. The Labute approximate surface area is 133 Å². The lowest BCUT2D eigenvalue weighted by Crippen LogP contribution is -2.21. The van der Waals surface area contributed by atoms with Crippen LogP contribution in [0.3, 0.4) is 0 Å². The molecule has 1 heterocycles. The molecular weight excluding hydrogens is 307 g/mol. The predicted molar refractivity (Wildman–Crippen MR) is 81.0 cm³/mol. The Morgan fingerprint density at radius 1 is 1.05 bits per heavy atom. The maximum atomic E-state index is 14.4. The van der Waals surface area contributed by atoms with Crippen molar-refractivity contribution in [1.29, 1.82) is 0 Å². The Balaban J connectivity index is 1.78. The zero-order chi connectivity index (χ0) is 15.4. The van der Waals surface area contributed by atoms with Crippen LogP contribution in [-0.4, -0.2) is 16.1 Å². The molecule has 4 nitrogen and oxygen atoms in total. The van der Waals surface area contributed by atoms with Gasteiger partial charge in [-0.05, 0) is 37.8 Å². The van der Waals surface area contributed by atoms with Crippen LogP contribution >= 0.6 is 11.6 Å². The van der Waals surface area contributed by atoms with E-state index in [0.717, 1.165) is 25.7 Å². The summed E-state index contributed by atoms with van der Waals surface area (Å²) in [5, 5.41) is 0.385. The van der Waals surface area contributed by atoms with E-state index in [4.69, 9.17) is 21.1 Å². The summed E-state index contributed by atoms with van der Waals surface area (Å²) >= 11 is 6.00. The van der Waals surface area contributed by atoms with Crippen molar-refractivity contribution in [2.24, 2.45) is 0 Å². The molecule has 1 aromatic carbocycles. The molecule has 1 saturated carbocycles. The molecule has 0 amide bonds. The largest absolute Gasteiger partial charge is 0.472 e. The molecule has 0 unspecified atom stereocenters. The number of rotatable bonds is 4. The van der Waals surface area contributed by atoms with Gasteiger partial charge in [-0.1, -0.05) is 30.2 Å². The summed E-state index contributed by atoms with van der Waals surface area (Å²) in [7, 11) is 0. The average Bonchev–Trinajstić information content (AvgIpc) is 2.54. The quantitative estimate of drug-likeness (QED) is 0.813. The highest BCUT2D eigenvalue weighted by Crippen LogP contribution is 2.32. The molecule has 0 spiro atoms. The minimum absolute atomic E-state index is 0.00585. The van der Waals surface area contributed by atoms with E-state index >= 15 is 0 Å². The zero-order valence-corrected chi connectivity index (χ0v) is 12.7. The number of ether oxygens (including phenoxy) is 2. The lowest BCUT2D eigenvalue weighted by molar-refractivity contribution is 0.140. The van der Waals surface area contributed by atoms with Gasteiger partial charge in [0, 0.05) is 0 Å². The van der Waals surface area contributed by atoms with Crippen molar-refractivity contribution in [3.05, 3.63) is 41.4 Å². The van der Waals surface area contributed by atoms with Gasteiger partial charge in [0.1, 0.15) is 18.2 Å². The summed E-state index contributed by atoms with van der Waals surface area (Å²) in [4.78, 5) is 7.70. The van der Waals surface area contributed by atoms with Gasteiger partial charge >= 0.3 is 0 Å². The van der Waals surface area contributed by atoms with Crippen molar-refractivity contribution in [2.75, 3.05) is 0 Å². The van der Waals surface area contributed by atoms with Crippen molar-refractivity contribution in [3.63, 3.8) is 0 Å². The van der Waals surface area contributed by atoms with Gasteiger partial charge in [-0.2, -0.15) is 14.4 Å². The molecule has 3 rings (SSSR count). The van der Waals surface area contributed by atoms with Crippen LogP contribution in [0.15, 0.2) is 30.6 Å². The third kappa shape index (κ3) is 3.47. The summed E-state index contributed by atoms with van der Waals surface area (Å²) in [6.07, 6.45) is 6.47. The summed E-state index contributed by atoms with van der Waals surface area (Å²) in [6, 6.07) is 6.82. The first-order valence-corrected chi connectivity index (χ1v) is 7.71. The Bertz CT molecular complexity index is 648. The molecule has 1 aliphatic rings. The third-order valence-electron chi connectivity index (χ3n) is 3.60. The van der Waals surface area contributed by atoms with Gasteiger partial charge in [-0.25, -0.2) is 0 Å². The van der Waals surface area contributed by atoms with Crippen LogP contribution in [0.1, 0.15) is 32.1 Å². The number of hydrogen-bond donors (Lipinski definition) is 0. The van der Waals surface area contributed by atoms with Crippen LogP contribution in [0, 0.1) is 5.82 Å². The van der Waals surface area contributed by atoms with Crippen LogP contribution in [0.25, 0.3) is 0 Å². The number of nitrogens with zero attached hydrogens (tertiary/aromatic N) is 2. The van der Waals surface area contributed by atoms with E-state index < -0.39 is 5.82 Å². The number of para-hydroxylation sites is 1. The smallest absolute Gasteiger partial charge is 0.263 e. The second kappa shape index (κ2) is 6.92. The topological polar surface area (TPSA) is 44.2 Å².